The summed E-state index contributed by atoms with van der Waals surface area (Å²) < 4.78 is 17.8. The molecule has 7 nitrogen and oxygen atoms in total. The summed E-state index contributed by atoms with van der Waals surface area (Å²) >= 11 is 0. The number of amides is 1. The van der Waals surface area contributed by atoms with Crippen molar-refractivity contribution >= 4 is 11.7 Å². The molecule has 6 rings (SSSR count). The normalized spacial score (nSPS) is 21.1. The molecule has 3 atom stereocenters. The van der Waals surface area contributed by atoms with Gasteiger partial charge in [0, 0.05) is 31.0 Å². The Morgan fingerprint density at radius 2 is 1.88 bits per heavy atom. The average Bonchev–Trinajstić information content (AvgIpc) is 3.78. The fourth-order valence-electron chi connectivity index (χ4n) is 7.76. The summed E-state index contributed by atoms with van der Waals surface area (Å²) in [5, 5.41) is 3.06. The second-order valence-electron chi connectivity index (χ2n) is 16.0. The highest BCUT2D eigenvalue weighted by Crippen LogP contribution is 2.57. The van der Waals surface area contributed by atoms with Crippen molar-refractivity contribution in [3.63, 3.8) is 0 Å². The van der Waals surface area contributed by atoms with Crippen LogP contribution in [-0.4, -0.2) is 41.6 Å². The number of fused-ring (bicyclic) bond motifs is 1. The number of unbranched alkanes of at least 4 members (excludes halogenated alkanes) is 1. The summed E-state index contributed by atoms with van der Waals surface area (Å²) in [7, 11) is 1.66. The van der Waals surface area contributed by atoms with E-state index in [1.807, 2.05) is 57.2 Å². The molecule has 0 spiro atoms. The van der Waals surface area contributed by atoms with E-state index >= 15 is 0 Å². The molecular weight excluding hydrogens is 635 g/mol. The van der Waals surface area contributed by atoms with E-state index in [1.165, 1.54) is 37.7 Å². The Bertz CT molecular complexity index is 1660. The number of nitrogens with zero attached hydrogens (tertiary/aromatic N) is 2. The molecule has 2 fully saturated rings. The van der Waals surface area contributed by atoms with Crippen LogP contribution in [0.4, 0.5) is 5.82 Å². The molecule has 7 heteroatoms. The number of likely N-dealkylation sites (tertiary alicyclic amines) is 1. The maximum atomic E-state index is 12.5. The van der Waals surface area contributed by atoms with Gasteiger partial charge >= 0.3 is 0 Å². The maximum Gasteiger partial charge on any atom is 0.225 e. The van der Waals surface area contributed by atoms with Crippen LogP contribution in [-0.2, 0) is 22.6 Å². The molecule has 2 aliphatic heterocycles. The Morgan fingerprint density at radius 3 is 2.55 bits per heavy atom. The van der Waals surface area contributed by atoms with E-state index in [1.54, 1.807) is 7.11 Å². The van der Waals surface area contributed by atoms with Crippen molar-refractivity contribution in [2.24, 2.45) is 11.3 Å². The average molecular weight is 696 g/mol. The van der Waals surface area contributed by atoms with Crippen molar-refractivity contribution in [3.05, 3.63) is 83.2 Å². The van der Waals surface area contributed by atoms with Crippen LogP contribution in [0.5, 0.6) is 11.5 Å². The van der Waals surface area contributed by atoms with E-state index in [4.69, 9.17) is 19.2 Å². The first-order valence-electron chi connectivity index (χ1n) is 19.2. The van der Waals surface area contributed by atoms with Gasteiger partial charge in [0.2, 0.25) is 5.91 Å². The zero-order chi connectivity index (χ0) is 36.8. The maximum absolute atomic E-state index is 12.5. The molecule has 1 saturated heterocycles. The fraction of sp³-hybridized carbons (Fsp3) is 0.545. The minimum Gasteiger partial charge on any atom is -0.497 e. The van der Waals surface area contributed by atoms with Gasteiger partial charge in [0.25, 0.3) is 0 Å². The number of hydrogen-bond donors (Lipinski definition) is 1. The van der Waals surface area contributed by atoms with Crippen LogP contribution in [0.25, 0.3) is 11.3 Å². The Balaban J connectivity index is 0.000000435. The Kier molecular flexibility index (Phi) is 12.4. The molecular formula is C44H61N3O4. The molecule has 3 aliphatic rings. The molecule has 1 N–H and O–H groups in total. The molecule has 1 aliphatic carbocycles. The van der Waals surface area contributed by atoms with Crippen molar-refractivity contribution in [2.75, 3.05) is 25.5 Å². The van der Waals surface area contributed by atoms with E-state index < -0.39 is 0 Å². The number of methoxy groups -OCH3 is 1. The molecule has 1 aromatic heterocycles. The molecule has 1 amide bonds. The SMILES string of the molecule is C=C(OC(C)(C)C)N1CCCC(c2cc(-c3c(C)cccc3OCc3ccc(OC)cc3)nc3c2CCC(=O)N3)C1.CCCCC1(C)CC1CC. The monoisotopic (exact) mass is 695 g/mol. The molecule has 2 aromatic carbocycles. The van der Waals surface area contributed by atoms with Crippen LogP contribution in [0, 0.1) is 18.3 Å². The highest BCUT2D eigenvalue weighted by molar-refractivity contribution is 5.93. The molecule has 3 aromatic rings. The van der Waals surface area contributed by atoms with Crippen LogP contribution < -0.4 is 14.8 Å². The molecule has 1 saturated carbocycles. The van der Waals surface area contributed by atoms with Gasteiger partial charge in [-0.3, -0.25) is 4.79 Å². The number of nitrogens with one attached hydrogen (secondary N) is 1. The number of piperidine rings is 1. The third-order valence-electron chi connectivity index (χ3n) is 10.8. The minimum atomic E-state index is -0.301. The summed E-state index contributed by atoms with van der Waals surface area (Å²) in [6.45, 7) is 21.7. The van der Waals surface area contributed by atoms with E-state index in [-0.39, 0.29) is 17.4 Å². The van der Waals surface area contributed by atoms with Crippen molar-refractivity contribution in [1.29, 1.82) is 0 Å². The predicted molar refractivity (Wildman–Crippen MR) is 208 cm³/mol. The summed E-state index contributed by atoms with van der Waals surface area (Å²) in [4.78, 5) is 19.7. The molecule has 3 heterocycles. The van der Waals surface area contributed by atoms with Crippen LogP contribution in [0.2, 0.25) is 0 Å². The van der Waals surface area contributed by atoms with Gasteiger partial charge in [0.15, 0.2) is 5.88 Å². The lowest BCUT2D eigenvalue weighted by Gasteiger charge is -2.38. The molecule has 0 bridgehead atoms. The molecule has 276 valence electrons. The second-order valence-corrected chi connectivity index (χ2v) is 16.0. The summed E-state index contributed by atoms with van der Waals surface area (Å²) in [6, 6.07) is 16.2. The first-order valence-corrected chi connectivity index (χ1v) is 19.2. The van der Waals surface area contributed by atoms with E-state index in [9.17, 15) is 4.79 Å². The zero-order valence-corrected chi connectivity index (χ0v) is 32.5. The Hall–Kier alpha value is -4.00. The molecule has 51 heavy (non-hydrogen) atoms. The standard InChI is InChI=1S/C34H41N3O4.C10H20/c1-22-9-7-11-30(40-21-24-12-14-26(39-6)15-13-24)32(22)29-19-28(27-16-17-31(38)36-33(27)35-29)25-10-8-18-37(20-25)23(2)41-34(3,4)5;1-4-6-7-10(3)8-9(10)5-2/h7,9,11-15,19,25H,2,8,10,16-18,20-21H2,1,3-6H3,(H,35,36,38);9H,4-8H2,1-3H3. The van der Waals surface area contributed by atoms with Gasteiger partial charge in [-0.2, -0.15) is 0 Å². The first-order chi connectivity index (χ1) is 24.3. The van der Waals surface area contributed by atoms with Crippen molar-refractivity contribution < 1.29 is 19.0 Å². The number of carbonyl (C=O) groups is 1. The van der Waals surface area contributed by atoms with Gasteiger partial charge in [-0.25, -0.2) is 4.98 Å². The Labute approximate surface area is 307 Å². The summed E-state index contributed by atoms with van der Waals surface area (Å²) in [6.07, 6.45) is 10.4. The smallest absolute Gasteiger partial charge is 0.225 e. The van der Waals surface area contributed by atoms with E-state index in [2.05, 4.69) is 56.6 Å². The number of anilines is 1. The first kappa shape index (κ1) is 38.2. The van der Waals surface area contributed by atoms with Gasteiger partial charge in [-0.15, -0.1) is 0 Å². The van der Waals surface area contributed by atoms with Crippen LogP contribution in [0.1, 0.15) is 121 Å². The van der Waals surface area contributed by atoms with E-state index in [0.717, 1.165) is 76.7 Å². The van der Waals surface area contributed by atoms with Crippen molar-refractivity contribution in [2.45, 2.75) is 124 Å². The van der Waals surface area contributed by atoms with Gasteiger partial charge in [-0.05, 0) is 124 Å². The van der Waals surface area contributed by atoms with Crippen molar-refractivity contribution in [1.82, 2.24) is 9.88 Å². The highest BCUT2D eigenvalue weighted by Gasteiger charge is 2.47. The number of hydrogen-bond acceptors (Lipinski definition) is 6. The number of benzene rings is 2. The summed E-state index contributed by atoms with van der Waals surface area (Å²) in [5.74, 6) is 4.30. The number of rotatable bonds is 12. The number of aryl methyl sites for hydroxylation is 1. The largest absolute Gasteiger partial charge is 0.497 e. The van der Waals surface area contributed by atoms with Crippen LogP contribution in [0.15, 0.2) is 61.0 Å². The fourth-order valence-corrected chi connectivity index (χ4v) is 7.76. The lowest BCUT2D eigenvalue weighted by Crippen LogP contribution is -2.37. The van der Waals surface area contributed by atoms with Gasteiger partial charge in [0.1, 0.15) is 29.5 Å². The third-order valence-corrected chi connectivity index (χ3v) is 10.8. The lowest BCUT2D eigenvalue weighted by atomic mass is 9.84. The molecule has 3 unspecified atom stereocenters. The minimum absolute atomic E-state index is 0.00564. The number of carbonyl (C=O) groups excluding carboxylic acids is 1. The lowest BCUT2D eigenvalue weighted by molar-refractivity contribution is -0.116. The van der Waals surface area contributed by atoms with Gasteiger partial charge in [0.05, 0.1) is 12.8 Å². The Morgan fingerprint density at radius 1 is 1.12 bits per heavy atom. The summed E-state index contributed by atoms with van der Waals surface area (Å²) in [5.41, 5.74) is 6.71. The van der Waals surface area contributed by atoms with Crippen molar-refractivity contribution in [3.8, 4) is 22.8 Å². The quantitative estimate of drug-likeness (QED) is 0.190. The second kappa shape index (κ2) is 16.6. The zero-order valence-electron chi connectivity index (χ0n) is 32.5. The highest BCUT2D eigenvalue weighted by atomic mass is 16.5. The third kappa shape index (κ3) is 9.87. The predicted octanol–water partition coefficient (Wildman–Crippen LogP) is 10.6. The molecule has 0 radical (unpaired) electrons. The van der Waals surface area contributed by atoms with Crippen LogP contribution >= 0.6 is 0 Å². The van der Waals surface area contributed by atoms with E-state index in [0.29, 0.717) is 31.1 Å². The van der Waals surface area contributed by atoms with Crippen LogP contribution in [0.3, 0.4) is 0 Å². The van der Waals surface area contributed by atoms with Gasteiger partial charge in [-0.1, -0.05) is 64.3 Å². The number of ether oxygens (including phenoxy) is 3. The van der Waals surface area contributed by atoms with Gasteiger partial charge < -0.3 is 24.4 Å². The topological polar surface area (TPSA) is 72.9 Å². The number of aromatic nitrogens is 1. The number of pyridine rings is 1.